The van der Waals surface area contributed by atoms with Gasteiger partial charge >= 0.3 is 0 Å². The number of fused-ring (bicyclic) bond motifs is 1. The van der Waals surface area contributed by atoms with Crippen molar-refractivity contribution in [2.45, 2.75) is 25.4 Å². The molecule has 2 aromatic rings. The molecule has 1 unspecified atom stereocenters. The number of hydrogen-bond donors (Lipinski definition) is 1. The fraction of sp³-hybridized carbons (Fsp3) is 0.357. The Morgan fingerprint density at radius 3 is 2.95 bits per heavy atom. The lowest BCUT2D eigenvalue weighted by molar-refractivity contribution is -0.384. The van der Waals surface area contributed by atoms with Crippen LogP contribution in [0.1, 0.15) is 29.6 Å². The molecule has 20 heavy (non-hydrogen) atoms. The van der Waals surface area contributed by atoms with Crippen LogP contribution in [0.3, 0.4) is 0 Å². The summed E-state index contributed by atoms with van der Waals surface area (Å²) in [4.78, 5) is 25.8. The van der Waals surface area contributed by atoms with E-state index in [4.69, 9.17) is 4.74 Å². The molecule has 3 rings (SSSR count). The number of hydrogen-bond acceptors (Lipinski definition) is 4. The second-order valence-electron chi connectivity index (χ2n) is 4.91. The SMILES string of the molecule is O=C(c1c[nH]c2ccc([N+](=O)[O-])cc12)C1CCCCO1. The normalized spacial score (nSPS) is 19.1. The molecule has 0 aliphatic carbocycles. The van der Waals surface area contributed by atoms with Gasteiger partial charge in [0, 0.05) is 41.4 Å². The lowest BCUT2D eigenvalue weighted by Crippen LogP contribution is -2.28. The molecule has 1 fully saturated rings. The molecule has 1 aliphatic heterocycles. The van der Waals surface area contributed by atoms with E-state index in [1.165, 1.54) is 12.1 Å². The number of benzene rings is 1. The molecule has 1 aromatic carbocycles. The molecule has 1 saturated heterocycles. The van der Waals surface area contributed by atoms with E-state index >= 15 is 0 Å². The molecule has 1 N–H and O–H groups in total. The molecule has 6 heteroatoms. The smallest absolute Gasteiger partial charge is 0.270 e. The molecule has 6 nitrogen and oxygen atoms in total. The first-order chi connectivity index (χ1) is 9.66. The minimum Gasteiger partial charge on any atom is -0.370 e. The van der Waals surface area contributed by atoms with Gasteiger partial charge in [-0.2, -0.15) is 0 Å². The van der Waals surface area contributed by atoms with Crippen LogP contribution < -0.4 is 0 Å². The number of nitrogens with one attached hydrogen (secondary N) is 1. The number of rotatable bonds is 3. The van der Waals surface area contributed by atoms with Crippen LogP contribution in [0.4, 0.5) is 5.69 Å². The summed E-state index contributed by atoms with van der Waals surface area (Å²) in [7, 11) is 0. The molecule has 2 heterocycles. The van der Waals surface area contributed by atoms with Crippen molar-refractivity contribution in [1.82, 2.24) is 4.98 Å². The topological polar surface area (TPSA) is 85.2 Å². The predicted molar refractivity (Wildman–Crippen MR) is 72.9 cm³/mol. The zero-order valence-electron chi connectivity index (χ0n) is 10.8. The zero-order chi connectivity index (χ0) is 14.1. The van der Waals surface area contributed by atoms with Gasteiger partial charge in [0.1, 0.15) is 6.10 Å². The number of nitro benzene ring substituents is 1. The van der Waals surface area contributed by atoms with Gasteiger partial charge in [-0.1, -0.05) is 0 Å². The zero-order valence-corrected chi connectivity index (χ0v) is 10.8. The molecule has 1 atom stereocenters. The van der Waals surface area contributed by atoms with E-state index < -0.39 is 11.0 Å². The van der Waals surface area contributed by atoms with Gasteiger partial charge in [-0.3, -0.25) is 14.9 Å². The number of non-ortho nitro benzene ring substituents is 1. The van der Waals surface area contributed by atoms with Crippen LogP contribution in [0.5, 0.6) is 0 Å². The van der Waals surface area contributed by atoms with Crippen LogP contribution in [0.2, 0.25) is 0 Å². The maximum atomic E-state index is 12.4. The number of H-pyrrole nitrogens is 1. The average molecular weight is 274 g/mol. The lowest BCUT2D eigenvalue weighted by Gasteiger charge is -2.20. The van der Waals surface area contributed by atoms with Crippen molar-refractivity contribution in [2.75, 3.05) is 6.61 Å². The number of carbonyl (C=O) groups is 1. The van der Waals surface area contributed by atoms with Gasteiger partial charge in [0.2, 0.25) is 0 Å². The highest BCUT2D eigenvalue weighted by atomic mass is 16.6. The van der Waals surface area contributed by atoms with Gasteiger partial charge < -0.3 is 9.72 Å². The molecule has 0 spiro atoms. The predicted octanol–water partition coefficient (Wildman–Crippen LogP) is 2.83. The van der Waals surface area contributed by atoms with Crippen molar-refractivity contribution >= 4 is 22.4 Å². The van der Waals surface area contributed by atoms with Crippen molar-refractivity contribution in [2.24, 2.45) is 0 Å². The number of aromatic amines is 1. The van der Waals surface area contributed by atoms with Crippen LogP contribution in [-0.4, -0.2) is 28.4 Å². The first kappa shape index (κ1) is 12.8. The summed E-state index contributed by atoms with van der Waals surface area (Å²) in [5.74, 6) is -0.101. The van der Waals surface area contributed by atoms with E-state index in [0.717, 1.165) is 18.4 Å². The van der Waals surface area contributed by atoms with Gasteiger partial charge in [-0.25, -0.2) is 0 Å². The average Bonchev–Trinajstić information content (AvgIpc) is 2.90. The third kappa shape index (κ3) is 2.18. The van der Waals surface area contributed by atoms with Crippen molar-refractivity contribution in [3.05, 3.63) is 40.1 Å². The summed E-state index contributed by atoms with van der Waals surface area (Å²) in [5, 5.41) is 11.4. The number of carbonyl (C=O) groups excluding carboxylic acids is 1. The lowest BCUT2D eigenvalue weighted by atomic mass is 9.99. The highest BCUT2D eigenvalue weighted by Crippen LogP contribution is 2.26. The Morgan fingerprint density at radius 2 is 2.25 bits per heavy atom. The summed E-state index contributed by atoms with van der Waals surface area (Å²) >= 11 is 0. The molecular weight excluding hydrogens is 260 g/mol. The van der Waals surface area contributed by atoms with Gasteiger partial charge in [0.15, 0.2) is 5.78 Å². The highest BCUT2D eigenvalue weighted by Gasteiger charge is 2.25. The summed E-state index contributed by atoms with van der Waals surface area (Å²) < 4.78 is 5.49. The molecule has 1 aromatic heterocycles. The quantitative estimate of drug-likeness (QED) is 0.529. The number of ether oxygens (including phenoxy) is 1. The van der Waals surface area contributed by atoms with Crippen LogP contribution in [0.15, 0.2) is 24.4 Å². The number of nitro groups is 1. The second kappa shape index (κ2) is 5.05. The summed E-state index contributed by atoms with van der Waals surface area (Å²) in [5.41, 5.74) is 1.17. The minimum atomic E-state index is -0.461. The van der Waals surface area contributed by atoms with Crippen molar-refractivity contribution < 1.29 is 14.5 Å². The summed E-state index contributed by atoms with van der Waals surface area (Å²) in [6.45, 7) is 0.596. The summed E-state index contributed by atoms with van der Waals surface area (Å²) in [6.07, 6.45) is 3.83. The van der Waals surface area contributed by atoms with Gasteiger partial charge in [0.05, 0.1) is 4.92 Å². The Hall–Kier alpha value is -2.21. The van der Waals surface area contributed by atoms with Crippen LogP contribution in [-0.2, 0) is 4.74 Å². The van der Waals surface area contributed by atoms with Crippen molar-refractivity contribution in [3.63, 3.8) is 0 Å². The molecule has 104 valence electrons. The highest BCUT2D eigenvalue weighted by molar-refractivity contribution is 6.10. The molecule has 0 amide bonds. The monoisotopic (exact) mass is 274 g/mol. The number of Topliss-reactive ketones (excluding diaryl/α,β-unsaturated/α-hetero) is 1. The number of aromatic nitrogens is 1. The Bertz CT molecular complexity index is 671. The van der Waals surface area contributed by atoms with Gasteiger partial charge in [-0.05, 0) is 25.3 Å². The Kier molecular flexibility index (Phi) is 3.23. The number of ketones is 1. The largest absolute Gasteiger partial charge is 0.370 e. The Morgan fingerprint density at radius 1 is 1.40 bits per heavy atom. The van der Waals surface area contributed by atoms with E-state index in [1.54, 1.807) is 12.3 Å². The molecule has 0 bridgehead atoms. The van der Waals surface area contributed by atoms with Crippen molar-refractivity contribution in [3.8, 4) is 0 Å². The Labute approximate surface area is 114 Å². The van der Waals surface area contributed by atoms with E-state index in [2.05, 4.69) is 4.98 Å². The number of nitrogens with zero attached hydrogens (tertiary/aromatic N) is 1. The minimum absolute atomic E-state index is 0.0179. The fourth-order valence-corrected chi connectivity index (χ4v) is 2.55. The van der Waals surface area contributed by atoms with E-state index in [1.807, 2.05) is 0 Å². The molecule has 0 radical (unpaired) electrons. The fourth-order valence-electron chi connectivity index (χ4n) is 2.55. The van der Waals surface area contributed by atoms with Crippen LogP contribution in [0, 0.1) is 10.1 Å². The molecular formula is C14H14N2O4. The first-order valence-corrected chi connectivity index (χ1v) is 6.58. The van der Waals surface area contributed by atoms with Gasteiger partial charge in [0.25, 0.3) is 5.69 Å². The van der Waals surface area contributed by atoms with Gasteiger partial charge in [-0.15, -0.1) is 0 Å². The first-order valence-electron chi connectivity index (χ1n) is 6.58. The standard InChI is InChI=1S/C14H14N2O4/c17-14(13-3-1-2-6-20-13)11-8-15-12-5-4-9(16(18)19)7-10(11)12/h4-5,7-8,13,15H,1-3,6H2. The van der Waals surface area contributed by atoms with E-state index in [-0.39, 0.29) is 11.5 Å². The van der Waals surface area contributed by atoms with Crippen molar-refractivity contribution in [1.29, 1.82) is 0 Å². The third-order valence-corrected chi connectivity index (χ3v) is 3.61. The van der Waals surface area contributed by atoms with E-state index in [9.17, 15) is 14.9 Å². The molecule has 1 aliphatic rings. The maximum absolute atomic E-state index is 12.4. The van der Waals surface area contributed by atoms with Crippen LogP contribution in [0.25, 0.3) is 10.9 Å². The second-order valence-corrected chi connectivity index (χ2v) is 4.91. The third-order valence-electron chi connectivity index (χ3n) is 3.61. The molecule has 0 saturated carbocycles. The summed E-state index contributed by atoms with van der Waals surface area (Å²) in [6, 6.07) is 4.47. The van der Waals surface area contributed by atoms with Crippen LogP contribution >= 0.6 is 0 Å². The Balaban J connectivity index is 2.00. The van der Waals surface area contributed by atoms with E-state index in [0.29, 0.717) is 24.0 Å². The maximum Gasteiger partial charge on any atom is 0.270 e.